The summed E-state index contributed by atoms with van der Waals surface area (Å²) >= 11 is 0. The summed E-state index contributed by atoms with van der Waals surface area (Å²) in [6.07, 6.45) is 0. The van der Waals surface area contributed by atoms with Crippen molar-refractivity contribution in [2.75, 3.05) is 12.0 Å². The second-order valence-electron chi connectivity index (χ2n) is 3.07. The molecule has 1 rings (SSSR count). The number of hydrogen-bond donors (Lipinski definition) is 3. The average molecular weight is 230 g/mol. The summed E-state index contributed by atoms with van der Waals surface area (Å²) in [7, 11) is -3.27. The third kappa shape index (κ3) is 3.86. The summed E-state index contributed by atoms with van der Waals surface area (Å²) in [6.45, 7) is 2.10. The van der Waals surface area contributed by atoms with Gasteiger partial charge in [0.1, 0.15) is 0 Å². The predicted octanol–water partition coefficient (Wildman–Crippen LogP) is 0.927. The van der Waals surface area contributed by atoms with Crippen LogP contribution in [0.2, 0.25) is 0 Å². The molecule has 0 heterocycles. The molecule has 0 atom stereocenters. The summed E-state index contributed by atoms with van der Waals surface area (Å²) in [5.41, 5.74) is 3.06. The van der Waals surface area contributed by atoms with Crippen LogP contribution in [0.15, 0.2) is 24.3 Å². The predicted molar refractivity (Wildman–Crippen MR) is 58.2 cm³/mol. The van der Waals surface area contributed by atoms with Crippen LogP contribution in [0.25, 0.3) is 0 Å². The molecule has 0 saturated heterocycles. The van der Waals surface area contributed by atoms with Gasteiger partial charge in [-0.15, -0.1) is 0 Å². The molecule has 5 nitrogen and oxygen atoms in total. The van der Waals surface area contributed by atoms with Crippen molar-refractivity contribution in [2.24, 2.45) is 0 Å². The molecule has 15 heavy (non-hydrogen) atoms. The Bertz CT molecular complexity index is 417. The molecule has 1 aromatic carbocycles. The molecule has 0 amide bonds. The SMILES string of the molecule is CCNS(=O)(=O)Cc1cccc(NO)c1. The van der Waals surface area contributed by atoms with Crippen molar-refractivity contribution in [1.82, 2.24) is 4.72 Å². The smallest absolute Gasteiger partial charge is 0.215 e. The highest BCUT2D eigenvalue weighted by molar-refractivity contribution is 7.88. The molecule has 1 aromatic rings. The van der Waals surface area contributed by atoms with Crippen LogP contribution in [0.1, 0.15) is 12.5 Å². The van der Waals surface area contributed by atoms with E-state index in [1.54, 1.807) is 31.2 Å². The van der Waals surface area contributed by atoms with Gasteiger partial charge in [0.15, 0.2) is 0 Å². The van der Waals surface area contributed by atoms with E-state index < -0.39 is 10.0 Å². The third-order valence-electron chi connectivity index (χ3n) is 1.78. The van der Waals surface area contributed by atoms with E-state index in [0.29, 0.717) is 17.8 Å². The van der Waals surface area contributed by atoms with Gasteiger partial charge in [0.05, 0.1) is 11.4 Å². The average Bonchev–Trinajstić information content (AvgIpc) is 2.17. The molecule has 6 heteroatoms. The molecule has 0 unspecified atom stereocenters. The van der Waals surface area contributed by atoms with Crippen LogP contribution in [-0.4, -0.2) is 20.2 Å². The lowest BCUT2D eigenvalue weighted by Gasteiger charge is -2.05. The van der Waals surface area contributed by atoms with Crippen molar-refractivity contribution in [3.63, 3.8) is 0 Å². The standard InChI is InChI=1S/C9H14N2O3S/c1-2-10-15(13,14)7-8-4-3-5-9(6-8)11-12/h3-6,10-12H,2,7H2,1H3. The topological polar surface area (TPSA) is 78.4 Å². The Balaban J connectivity index is 2.80. The maximum Gasteiger partial charge on any atom is 0.215 e. The molecule has 0 fully saturated rings. The van der Waals surface area contributed by atoms with E-state index in [1.807, 2.05) is 5.48 Å². The van der Waals surface area contributed by atoms with Gasteiger partial charge in [0.25, 0.3) is 0 Å². The normalized spacial score (nSPS) is 11.3. The highest BCUT2D eigenvalue weighted by atomic mass is 32.2. The zero-order valence-corrected chi connectivity index (χ0v) is 9.21. The van der Waals surface area contributed by atoms with Gasteiger partial charge in [-0.3, -0.25) is 10.7 Å². The van der Waals surface area contributed by atoms with E-state index in [1.165, 1.54) is 0 Å². The Labute approximate surface area is 89.1 Å². The minimum atomic E-state index is -3.27. The van der Waals surface area contributed by atoms with Crippen LogP contribution in [0.4, 0.5) is 5.69 Å². The monoisotopic (exact) mass is 230 g/mol. The highest BCUT2D eigenvalue weighted by Gasteiger charge is 2.09. The van der Waals surface area contributed by atoms with E-state index in [4.69, 9.17) is 5.21 Å². The second-order valence-corrected chi connectivity index (χ2v) is 4.88. The minimum absolute atomic E-state index is 0.0869. The van der Waals surface area contributed by atoms with Crippen molar-refractivity contribution in [2.45, 2.75) is 12.7 Å². The van der Waals surface area contributed by atoms with E-state index in [2.05, 4.69) is 4.72 Å². The lowest BCUT2D eigenvalue weighted by Crippen LogP contribution is -2.24. The van der Waals surface area contributed by atoms with E-state index in [0.717, 1.165) is 0 Å². The first kappa shape index (κ1) is 12.0. The largest absolute Gasteiger partial charge is 0.291 e. The first-order valence-corrected chi connectivity index (χ1v) is 6.19. The number of sulfonamides is 1. The van der Waals surface area contributed by atoms with E-state index in [9.17, 15) is 8.42 Å². The summed E-state index contributed by atoms with van der Waals surface area (Å²) in [5.74, 6) is -0.0869. The van der Waals surface area contributed by atoms with Crippen molar-refractivity contribution >= 4 is 15.7 Å². The van der Waals surface area contributed by atoms with Crippen molar-refractivity contribution in [1.29, 1.82) is 0 Å². The Morgan fingerprint density at radius 2 is 2.13 bits per heavy atom. The van der Waals surface area contributed by atoms with Gasteiger partial charge in [-0.05, 0) is 17.7 Å². The van der Waals surface area contributed by atoms with Crippen LogP contribution in [-0.2, 0) is 15.8 Å². The molecule has 84 valence electrons. The van der Waals surface area contributed by atoms with Crippen LogP contribution in [0.5, 0.6) is 0 Å². The fourth-order valence-corrected chi connectivity index (χ4v) is 2.38. The summed E-state index contributed by atoms with van der Waals surface area (Å²) < 4.78 is 25.2. The maximum atomic E-state index is 11.4. The fraction of sp³-hybridized carbons (Fsp3) is 0.333. The fourth-order valence-electron chi connectivity index (χ4n) is 1.22. The zero-order valence-electron chi connectivity index (χ0n) is 8.40. The molecule has 0 aliphatic carbocycles. The minimum Gasteiger partial charge on any atom is -0.291 e. The van der Waals surface area contributed by atoms with Crippen LogP contribution in [0.3, 0.4) is 0 Å². The first-order chi connectivity index (χ1) is 7.07. The lowest BCUT2D eigenvalue weighted by atomic mass is 10.2. The summed E-state index contributed by atoms with van der Waals surface area (Å²) in [6, 6.07) is 6.59. The number of anilines is 1. The Kier molecular flexibility index (Phi) is 4.07. The summed E-state index contributed by atoms with van der Waals surface area (Å²) in [4.78, 5) is 0. The first-order valence-electron chi connectivity index (χ1n) is 4.54. The molecule has 0 bridgehead atoms. The van der Waals surface area contributed by atoms with Gasteiger partial charge >= 0.3 is 0 Å². The Morgan fingerprint density at radius 1 is 1.40 bits per heavy atom. The molecule has 0 aliphatic rings. The highest BCUT2D eigenvalue weighted by Crippen LogP contribution is 2.11. The molecular formula is C9H14N2O3S. The molecule has 0 saturated carbocycles. The molecule has 0 aromatic heterocycles. The third-order valence-corrected chi connectivity index (χ3v) is 3.22. The maximum absolute atomic E-state index is 11.4. The van der Waals surface area contributed by atoms with Gasteiger partial charge < -0.3 is 0 Å². The number of hydrogen-bond acceptors (Lipinski definition) is 4. The van der Waals surface area contributed by atoms with E-state index in [-0.39, 0.29) is 5.75 Å². The Hall–Kier alpha value is -1.11. The number of nitrogens with one attached hydrogen (secondary N) is 2. The van der Waals surface area contributed by atoms with Gasteiger partial charge in [0, 0.05) is 6.54 Å². The van der Waals surface area contributed by atoms with Crippen LogP contribution < -0.4 is 10.2 Å². The van der Waals surface area contributed by atoms with Crippen molar-refractivity contribution < 1.29 is 13.6 Å². The van der Waals surface area contributed by atoms with Gasteiger partial charge in [-0.1, -0.05) is 19.1 Å². The van der Waals surface area contributed by atoms with Crippen LogP contribution in [0, 0.1) is 0 Å². The summed E-state index contributed by atoms with van der Waals surface area (Å²) in [5, 5.41) is 8.65. The quantitative estimate of drug-likeness (QED) is 0.657. The molecule has 0 spiro atoms. The van der Waals surface area contributed by atoms with Gasteiger partial charge in [-0.2, -0.15) is 0 Å². The number of benzene rings is 1. The van der Waals surface area contributed by atoms with E-state index >= 15 is 0 Å². The Morgan fingerprint density at radius 3 is 2.73 bits per heavy atom. The lowest BCUT2D eigenvalue weighted by molar-refractivity contribution is 0.389. The van der Waals surface area contributed by atoms with Crippen LogP contribution >= 0.6 is 0 Å². The van der Waals surface area contributed by atoms with Gasteiger partial charge in [0.2, 0.25) is 10.0 Å². The molecule has 0 aliphatic heterocycles. The van der Waals surface area contributed by atoms with Crippen molar-refractivity contribution in [3.05, 3.63) is 29.8 Å². The van der Waals surface area contributed by atoms with Gasteiger partial charge in [-0.25, -0.2) is 13.1 Å². The van der Waals surface area contributed by atoms with Crippen molar-refractivity contribution in [3.8, 4) is 0 Å². The second kappa shape index (κ2) is 5.11. The number of rotatable bonds is 5. The zero-order chi connectivity index (χ0) is 11.3. The molecule has 0 radical (unpaired) electrons. The molecular weight excluding hydrogens is 216 g/mol. The molecule has 3 N–H and O–H groups in total.